The van der Waals surface area contributed by atoms with E-state index < -0.39 is 0 Å². The van der Waals surface area contributed by atoms with Crippen LogP contribution in [0.4, 0.5) is 0 Å². The van der Waals surface area contributed by atoms with Crippen molar-refractivity contribution in [3.05, 3.63) is 34.9 Å². The van der Waals surface area contributed by atoms with Crippen molar-refractivity contribution in [2.45, 2.75) is 32.6 Å². The van der Waals surface area contributed by atoms with Crippen molar-refractivity contribution in [2.24, 2.45) is 5.73 Å². The zero-order valence-electron chi connectivity index (χ0n) is 10.0. The number of carbonyl (C=O) groups is 1. The third kappa shape index (κ3) is 2.84. The molecule has 0 aliphatic carbocycles. The lowest BCUT2D eigenvalue weighted by molar-refractivity contribution is 0.0938. The highest BCUT2D eigenvalue weighted by Gasteiger charge is 2.15. The summed E-state index contributed by atoms with van der Waals surface area (Å²) >= 11 is 0. The highest BCUT2D eigenvalue weighted by Crippen LogP contribution is 2.20. The molecule has 1 atom stereocenters. The third-order valence-electron chi connectivity index (χ3n) is 2.96. The SMILES string of the molecule is CC(CCN)NC(=O)c1ccc2c(c1)COC2. The number of hydrogen-bond acceptors (Lipinski definition) is 3. The first-order valence-electron chi connectivity index (χ1n) is 5.91. The predicted molar refractivity (Wildman–Crippen MR) is 65.5 cm³/mol. The highest BCUT2D eigenvalue weighted by atomic mass is 16.5. The Balaban J connectivity index is 2.04. The number of nitrogens with two attached hydrogens (primary N) is 1. The van der Waals surface area contributed by atoms with Crippen LogP contribution in [0.2, 0.25) is 0 Å². The van der Waals surface area contributed by atoms with Crippen molar-refractivity contribution in [3.8, 4) is 0 Å². The lowest BCUT2D eigenvalue weighted by Crippen LogP contribution is -2.34. The first-order chi connectivity index (χ1) is 8.20. The maximum Gasteiger partial charge on any atom is 0.251 e. The van der Waals surface area contributed by atoms with Crippen molar-refractivity contribution in [1.82, 2.24) is 5.32 Å². The fraction of sp³-hybridized carbons (Fsp3) is 0.462. The molecule has 4 heteroatoms. The van der Waals surface area contributed by atoms with Gasteiger partial charge in [-0.1, -0.05) is 6.07 Å². The molecule has 1 amide bonds. The number of amides is 1. The average molecular weight is 234 g/mol. The summed E-state index contributed by atoms with van der Waals surface area (Å²) in [6.45, 7) is 3.80. The lowest BCUT2D eigenvalue weighted by Gasteiger charge is -2.13. The van der Waals surface area contributed by atoms with Crippen molar-refractivity contribution in [3.63, 3.8) is 0 Å². The summed E-state index contributed by atoms with van der Waals surface area (Å²) in [5, 5.41) is 2.93. The summed E-state index contributed by atoms with van der Waals surface area (Å²) < 4.78 is 5.32. The highest BCUT2D eigenvalue weighted by molar-refractivity contribution is 5.94. The van der Waals surface area contributed by atoms with Crippen LogP contribution in [0.5, 0.6) is 0 Å². The van der Waals surface area contributed by atoms with Gasteiger partial charge in [-0.2, -0.15) is 0 Å². The second-order valence-electron chi connectivity index (χ2n) is 4.43. The van der Waals surface area contributed by atoms with Crippen LogP contribution in [-0.4, -0.2) is 18.5 Å². The van der Waals surface area contributed by atoms with E-state index in [9.17, 15) is 4.79 Å². The standard InChI is InChI=1S/C13H18N2O2/c1-9(4-5-14)15-13(16)10-2-3-11-7-17-8-12(11)6-10/h2-3,6,9H,4-5,7-8,14H2,1H3,(H,15,16). The molecule has 0 fully saturated rings. The molecular weight excluding hydrogens is 216 g/mol. The molecule has 2 rings (SSSR count). The predicted octanol–water partition coefficient (Wildman–Crippen LogP) is 1.18. The number of nitrogens with one attached hydrogen (secondary N) is 1. The molecule has 1 aromatic rings. The van der Waals surface area contributed by atoms with E-state index in [1.54, 1.807) is 0 Å². The van der Waals surface area contributed by atoms with Gasteiger partial charge in [-0.3, -0.25) is 4.79 Å². The maximum absolute atomic E-state index is 11.9. The number of rotatable bonds is 4. The number of hydrogen-bond donors (Lipinski definition) is 2. The molecule has 92 valence electrons. The van der Waals surface area contributed by atoms with Gasteiger partial charge in [0.1, 0.15) is 0 Å². The minimum absolute atomic E-state index is 0.0411. The molecule has 1 aliphatic heterocycles. The van der Waals surface area contributed by atoms with Crippen LogP contribution in [0, 0.1) is 0 Å². The van der Waals surface area contributed by atoms with Crippen LogP contribution in [0.15, 0.2) is 18.2 Å². The van der Waals surface area contributed by atoms with Gasteiger partial charge in [0.2, 0.25) is 0 Å². The Morgan fingerprint density at radius 2 is 2.24 bits per heavy atom. The Morgan fingerprint density at radius 3 is 3.00 bits per heavy atom. The van der Waals surface area contributed by atoms with Crippen molar-refractivity contribution >= 4 is 5.91 Å². The second kappa shape index (κ2) is 5.29. The molecular formula is C13H18N2O2. The van der Waals surface area contributed by atoms with Crippen LogP contribution < -0.4 is 11.1 Å². The molecule has 17 heavy (non-hydrogen) atoms. The van der Waals surface area contributed by atoms with Gasteiger partial charge in [0.25, 0.3) is 5.91 Å². The summed E-state index contributed by atoms with van der Waals surface area (Å²) in [7, 11) is 0. The first-order valence-corrected chi connectivity index (χ1v) is 5.91. The van der Waals surface area contributed by atoms with Gasteiger partial charge in [-0.15, -0.1) is 0 Å². The fourth-order valence-electron chi connectivity index (χ4n) is 1.94. The molecule has 1 heterocycles. The zero-order chi connectivity index (χ0) is 12.3. The fourth-order valence-corrected chi connectivity index (χ4v) is 1.94. The summed E-state index contributed by atoms with van der Waals surface area (Å²) in [6, 6.07) is 5.83. The van der Waals surface area contributed by atoms with E-state index in [-0.39, 0.29) is 11.9 Å². The van der Waals surface area contributed by atoms with Gasteiger partial charge in [-0.25, -0.2) is 0 Å². The van der Waals surface area contributed by atoms with E-state index in [0.29, 0.717) is 25.3 Å². The normalized spacial score (nSPS) is 15.4. The Bertz CT molecular complexity index is 418. The molecule has 3 N–H and O–H groups in total. The van der Waals surface area contributed by atoms with Gasteiger partial charge < -0.3 is 15.8 Å². The average Bonchev–Trinajstić information content (AvgIpc) is 2.75. The Morgan fingerprint density at radius 1 is 1.47 bits per heavy atom. The van der Waals surface area contributed by atoms with Gasteiger partial charge in [0.15, 0.2) is 0 Å². The molecule has 0 saturated heterocycles. The van der Waals surface area contributed by atoms with Crippen molar-refractivity contribution in [2.75, 3.05) is 6.54 Å². The molecule has 1 aromatic carbocycles. The van der Waals surface area contributed by atoms with Crippen LogP contribution >= 0.6 is 0 Å². The van der Waals surface area contributed by atoms with E-state index >= 15 is 0 Å². The Kier molecular flexibility index (Phi) is 3.76. The summed E-state index contributed by atoms with van der Waals surface area (Å²) in [5.74, 6) is -0.0411. The topological polar surface area (TPSA) is 64.3 Å². The van der Waals surface area contributed by atoms with Gasteiger partial charge in [-0.05, 0) is 43.1 Å². The summed E-state index contributed by atoms with van der Waals surface area (Å²) in [5.41, 5.74) is 8.43. The number of benzene rings is 1. The minimum Gasteiger partial charge on any atom is -0.372 e. The molecule has 0 aromatic heterocycles. The maximum atomic E-state index is 11.9. The molecule has 0 radical (unpaired) electrons. The van der Waals surface area contributed by atoms with Crippen LogP contribution in [0.25, 0.3) is 0 Å². The van der Waals surface area contributed by atoms with E-state index in [4.69, 9.17) is 10.5 Å². The molecule has 0 saturated carbocycles. The van der Waals surface area contributed by atoms with E-state index in [1.165, 1.54) is 5.56 Å². The van der Waals surface area contributed by atoms with Crippen LogP contribution in [0.3, 0.4) is 0 Å². The molecule has 4 nitrogen and oxygen atoms in total. The van der Waals surface area contributed by atoms with Gasteiger partial charge >= 0.3 is 0 Å². The molecule has 1 aliphatic rings. The van der Waals surface area contributed by atoms with Gasteiger partial charge in [0, 0.05) is 11.6 Å². The largest absolute Gasteiger partial charge is 0.372 e. The summed E-state index contributed by atoms with van der Waals surface area (Å²) in [6.07, 6.45) is 0.791. The van der Waals surface area contributed by atoms with Gasteiger partial charge in [0.05, 0.1) is 13.2 Å². The minimum atomic E-state index is -0.0411. The third-order valence-corrected chi connectivity index (χ3v) is 2.96. The van der Waals surface area contributed by atoms with E-state index in [1.807, 2.05) is 25.1 Å². The smallest absolute Gasteiger partial charge is 0.251 e. The van der Waals surface area contributed by atoms with Crippen molar-refractivity contribution in [1.29, 1.82) is 0 Å². The van der Waals surface area contributed by atoms with Crippen LogP contribution in [0.1, 0.15) is 34.8 Å². The molecule has 0 bridgehead atoms. The Labute approximate surface area is 101 Å². The monoisotopic (exact) mass is 234 g/mol. The Hall–Kier alpha value is -1.39. The molecule has 1 unspecified atom stereocenters. The van der Waals surface area contributed by atoms with E-state index in [0.717, 1.165) is 12.0 Å². The first kappa shape index (κ1) is 12.1. The van der Waals surface area contributed by atoms with E-state index in [2.05, 4.69) is 5.32 Å². The second-order valence-corrected chi connectivity index (χ2v) is 4.43. The number of ether oxygens (including phenoxy) is 1. The number of carbonyl (C=O) groups excluding carboxylic acids is 1. The summed E-state index contributed by atoms with van der Waals surface area (Å²) in [4.78, 5) is 11.9. The quantitative estimate of drug-likeness (QED) is 0.822. The molecule has 0 spiro atoms. The van der Waals surface area contributed by atoms with Crippen molar-refractivity contribution < 1.29 is 9.53 Å². The zero-order valence-corrected chi connectivity index (χ0v) is 10.0. The lowest BCUT2D eigenvalue weighted by atomic mass is 10.1. The van der Waals surface area contributed by atoms with Crippen LogP contribution in [-0.2, 0) is 18.0 Å². The number of fused-ring (bicyclic) bond motifs is 1.